The Morgan fingerprint density at radius 1 is 0.889 bits per heavy atom. The molecule has 2 aliphatic carbocycles. The minimum Gasteiger partial charge on any atom is -0.396 e. The molecule has 0 aromatic heterocycles. The third kappa shape index (κ3) is 2.99. The summed E-state index contributed by atoms with van der Waals surface area (Å²) in [5.74, 6) is 0.910. The van der Waals surface area contributed by atoms with Crippen LogP contribution in [0.3, 0.4) is 0 Å². The number of rotatable bonds is 6. The zero-order chi connectivity index (χ0) is 12.8. The molecule has 0 aromatic rings. The molecule has 18 heavy (non-hydrogen) atoms. The van der Waals surface area contributed by atoms with Crippen LogP contribution in [0.5, 0.6) is 0 Å². The molecule has 0 spiro atoms. The molecule has 106 valence electrons. The Labute approximate surface area is 114 Å². The molecule has 0 heterocycles. The van der Waals surface area contributed by atoms with Gasteiger partial charge in [-0.25, -0.2) is 0 Å². The third-order valence-electron chi connectivity index (χ3n) is 5.06. The van der Waals surface area contributed by atoms with E-state index >= 15 is 0 Å². The minimum atomic E-state index is -1.50. The van der Waals surface area contributed by atoms with Crippen LogP contribution in [-0.2, 0) is 8.85 Å². The lowest BCUT2D eigenvalue weighted by molar-refractivity contribution is 0.137. The van der Waals surface area contributed by atoms with Crippen molar-refractivity contribution in [3.05, 3.63) is 0 Å². The lowest BCUT2D eigenvalue weighted by Gasteiger charge is -2.45. The van der Waals surface area contributed by atoms with Gasteiger partial charge in [-0.3, -0.25) is 0 Å². The van der Waals surface area contributed by atoms with Gasteiger partial charge in [0.1, 0.15) is 0 Å². The summed E-state index contributed by atoms with van der Waals surface area (Å²) in [6.45, 7) is 5.94. The summed E-state index contributed by atoms with van der Waals surface area (Å²) in [5.41, 5.74) is 0. The predicted octanol–water partition coefficient (Wildman–Crippen LogP) is 4.17. The molecule has 0 aromatic carbocycles. The van der Waals surface area contributed by atoms with Gasteiger partial charge in [0.25, 0.3) is 0 Å². The van der Waals surface area contributed by atoms with E-state index in [1.54, 1.807) is 0 Å². The fraction of sp³-hybridized carbons (Fsp3) is 1.00. The van der Waals surface area contributed by atoms with E-state index < -0.39 is 9.28 Å². The molecule has 0 amide bonds. The van der Waals surface area contributed by atoms with E-state index in [1.165, 1.54) is 57.8 Å². The Bertz CT molecular complexity index is 227. The molecule has 2 saturated carbocycles. The van der Waals surface area contributed by atoms with Crippen LogP contribution in [0.15, 0.2) is 0 Å². The maximum atomic E-state index is 6.15. The van der Waals surface area contributed by atoms with Crippen molar-refractivity contribution in [2.24, 2.45) is 5.92 Å². The van der Waals surface area contributed by atoms with Crippen LogP contribution in [0, 0.1) is 5.92 Å². The standard InChI is InChI=1S/C15H30O2Si/c1-3-16-18(17-4-2)15(12-8-5-9-13-15)14-10-6-7-11-14/h14,18H,3-13H2,1-2H3. The second kappa shape index (κ2) is 7.06. The van der Waals surface area contributed by atoms with Crippen molar-refractivity contribution in [2.45, 2.75) is 76.7 Å². The average Bonchev–Trinajstić information content (AvgIpc) is 2.94. The second-order valence-corrected chi connectivity index (χ2v) is 8.50. The zero-order valence-corrected chi connectivity index (χ0v) is 13.4. The summed E-state index contributed by atoms with van der Waals surface area (Å²) in [6, 6.07) is 0. The zero-order valence-electron chi connectivity index (χ0n) is 12.2. The molecule has 0 saturated heterocycles. The van der Waals surface area contributed by atoms with Gasteiger partial charge in [-0.05, 0) is 32.6 Å². The quantitative estimate of drug-likeness (QED) is 0.674. The first kappa shape index (κ1) is 14.5. The Kier molecular flexibility index (Phi) is 5.71. The number of hydrogen-bond acceptors (Lipinski definition) is 2. The van der Waals surface area contributed by atoms with Gasteiger partial charge in [0.15, 0.2) is 0 Å². The Hall–Kier alpha value is 0.137. The fourth-order valence-electron chi connectivity index (χ4n) is 4.23. The van der Waals surface area contributed by atoms with Crippen molar-refractivity contribution in [3.8, 4) is 0 Å². The SMILES string of the molecule is CCO[SiH](OCC)C1(C2CCCC2)CCCCC1. The predicted molar refractivity (Wildman–Crippen MR) is 78.1 cm³/mol. The topological polar surface area (TPSA) is 18.5 Å². The van der Waals surface area contributed by atoms with Gasteiger partial charge in [-0.1, -0.05) is 44.9 Å². The van der Waals surface area contributed by atoms with Crippen LogP contribution in [0.25, 0.3) is 0 Å². The summed E-state index contributed by atoms with van der Waals surface area (Å²) >= 11 is 0. The van der Waals surface area contributed by atoms with Gasteiger partial charge in [0, 0.05) is 18.3 Å². The molecule has 2 aliphatic rings. The van der Waals surface area contributed by atoms with Crippen LogP contribution < -0.4 is 0 Å². The molecule has 0 bridgehead atoms. The second-order valence-electron chi connectivity index (χ2n) is 6.02. The highest BCUT2D eigenvalue weighted by Gasteiger charge is 2.49. The fourth-order valence-corrected chi connectivity index (χ4v) is 7.19. The molecule has 0 radical (unpaired) electrons. The highest BCUT2D eigenvalue weighted by atomic mass is 28.3. The van der Waals surface area contributed by atoms with Crippen molar-refractivity contribution in [1.29, 1.82) is 0 Å². The number of hydrogen-bond donors (Lipinski definition) is 0. The smallest absolute Gasteiger partial charge is 0.328 e. The Morgan fingerprint density at radius 2 is 1.44 bits per heavy atom. The first-order valence-corrected chi connectivity index (χ1v) is 9.58. The van der Waals surface area contributed by atoms with Gasteiger partial charge < -0.3 is 8.85 Å². The molecule has 0 aliphatic heterocycles. The molecule has 2 fully saturated rings. The molecule has 0 atom stereocenters. The van der Waals surface area contributed by atoms with Gasteiger partial charge in [0.05, 0.1) is 0 Å². The molecule has 2 nitrogen and oxygen atoms in total. The van der Waals surface area contributed by atoms with E-state index in [9.17, 15) is 0 Å². The van der Waals surface area contributed by atoms with Crippen molar-refractivity contribution in [1.82, 2.24) is 0 Å². The maximum Gasteiger partial charge on any atom is 0.328 e. The summed E-state index contributed by atoms with van der Waals surface area (Å²) in [4.78, 5) is 0. The van der Waals surface area contributed by atoms with Crippen molar-refractivity contribution in [2.75, 3.05) is 13.2 Å². The summed E-state index contributed by atoms with van der Waals surface area (Å²) in [7, 11) is -1.50. The minimum absolute atomic E-state index is 0.473. The first-order valence-electron chi connectivity index (χ1n) is 8.06. The highest BCUT2D eigenvalue weighted by Crippen LogP contribution is 2.56. The van der Waals surface area contributed by atoms with Crippen LogP contribution in [0.2, 0.25) is 5.04 Å². The summed E-state index contributed by atoms with van der Waals surface area (Å²) in [6.07, 6.45) is 12.7. The summed E-state index contributed by atoms with van der Waals surface area (Å²) < 4.78 is 12.3. The largest absolute Gasteiger partial charge is 0.396 e. The van der Waals surface area contributed by atoms with Crippen molar-refractivity contribution < 1.29 is 8.85 Å². The van der Waals surface area contributed by atoms with E-state index in [2.05, 4.69) is 13.8 Å². The highest BCUT2D eigenvalue weighted by molar-refractivity contribution is 6.48. The van der Waals surface area contributed by atoms with Crippen LogP contribution in [0.4, 0.5) is 0 Å². The van der Waals surface area contributed by atoms with E-state index in [4.69, 9.17) is 8.85 Å². The van der Waals surface area contributed by atoms with Gasteiger partial charge >= 0.3 is 9.28 Å². The average molecular weight is 270 g/mol. The van der Waals surface area contributed by atoms with Crippen LogP contribution in [0.1, 0.15) is 71.6 Å². The Morgan fingerprint density at radius 3 is 1.94 bits per heavy atom. The maximum absolute atomic E-state index is 6.15. The van der Waals surface area contributed by atoms with E-state index in [0.29, 0.717) is 5.04 Å². The van der Waals surface area contributed by atoms with E-state index in [0.717, 1.165) is 19.1 Å². The van der Waals surface area contributed by atoms with Crippen molar-refractivity contribution in [3.63, 3.8) is 0 Å². The van der Waals surface area contributed by atoms with Crippen LogP contribution in [-0.4, -0.2) is 22.5 Å². The lowest BCUT2D eigenvalue weighted by atomic mass is 9.78. The molecule has 0 N–H and O–H groups in total. The van der Waals surface area contributed by atoms with Gasteiger partial charge in [0.2, 0.25) is 0 Å². The first-order chi connectivity index (χ1) is 8.83. The monoisotopic (exact) mass is 270 g/mol. The Balaban J connectivity index is 2.14. The summed E-state index contributed by atoms with van der Waals surface area (Å²) in [5, 5.41) is 0.473. The van der Waals surface area contributed by atoms with Gasteiger partial charge in [-0.15, -0.1) is 0 Å². The van der Waals surface area contributed by atoms with E-state index in [-0.39, 0.29) is 0 Å². The molecular formula is C15H30O2Si. The van der Waals surface area contributed by atoms with Crippen molar-refractivity contribution >= 4 is 9.28 Å². The third-order valence-corrected chi connectivity index (χ3v) is 8.32. The molecular weight excluding hydrogens is 240 g/mol. The van der Waals surface area contributed by atoms with Crippen LogP contribution >= 0.6 is 0 Å². The van der Waals surface area contributed by atoms with E-state index in [1.807, 2.05) is 0 Å². The molecule has 2 rings (SSSR count). The molecule has 0 unspecified atom stereocenters. The molecule has 3 heteroatoms. The van der Waals surface area contributed by atoms with Gasteiger partial charge in [-0.2, -0.15) is 0 Å². The normalized spacial score (nSPS) is 24.8. The lowest BCUT2D eigenvalue weighted by Crippen LogP contribution is -2.44.